The van der Waals surface area contributed by atoms with Gasteiger partial charge in [0.05, 0.1) is 0 Å². The second-order valence-electron chi connectivity index (χ2n) is 3.16. The van der Waals surface area contributed by atoms with Crippen LogP contribution in [-0.4, -0.2) is 32.4 Å². The molecule has 2 N–H and O–H groups in total. The van der Waals surface area contributed by atoms with Crippen molar-refractivity contribution in [3.8, 4) is 11.8 Å². The van der Waals surface area contributed by atoms with Gasteiger partial charge in [0.2, 0.25) is 5.13 Å². The van der Waals surface area contributed by atoms with Gasteiger partial charge in [-0.2, -0.15) is 0 Å². The van der Waals surface area contributed by atoms with Crippen LogP contribution in [0.25, 0.3) is 0 Å². The Morgan fingerprint density at radius 1 is 1.39 bits per heavy atom. The molecule has 6 nitrogen and oxygen atoms in total. The predicted octanol–water partition coefficient (Wildman–Crippen LogP) is 0.529. The Kier molecular flexibility index (Phi) is 3.96. The van der Waals surface area contributed by atoms with E-state index in [0.717, 1.165) is 17.1 Å². The van der Waals surface area contributed by atoms with Gasteiger partial charge in [0.1, 0.15) is 6.61 Å². The highest BCUT2D eigenvalue weighted by Crippen LogP contribution is 2.09. The van der Waals surface area contributed by atoms with E-state index in [1.165, 1.54) is 0 Å². The highest BCUT2D eigenvalue weighted by Gasteiger charge is 2.07. The fourth-order valence-electron chi connectivity index (χ4n) is 1.20. The second kappa shape index (κ2) is 5.86. The number of nitrogens with zero attached hydrogens (tertiary/aromatic N) is 3. The van der Waals surface area contributed by atoms with Crippen LogP contribution in [0.15, 0.2) is 24.3 Å². The number of hydrogen-bond donors (Lipinski definition) is 2. The highest BCUT2D eigenvalue weighted by molar-refractivity contribution is 7.09. The van der Waals surface area contributed by atoms with Gasteiger partial charge in [0.25, 0.3) is 5.91 Å². The lowest BCUT2D eigenvalue weighted by molar-refractivity contribution is 0.102. The van der Waals surface area contributed by atoms with E-state index in [1.807, 2.05) is 0 Å². The Bertz CT molecular complexity index is 584. The number of nitrogens with one attached hydrogen (secondary N) is 1. The molecule has 0 aliphatic rings. The van der Waals surface area contributed by atoms with E-state index in [-0.39, 0.29) is 12.5 Å². The standard InChI is InChI=1S/C11H8N4O2S/c16-7-1-2-8-3-5-9(6-4-8)10(17)12-11-13-14-15-18-11/h3-6,16H,7H2,(H,12,13,15,17). The summed E-state index contributed by atoms with van der Waals surface area (Å²) in [7, 11) is 0. The molecule has 0 saturated carbocycles. The summed E-state index contributed by atoms with van der Waals surface area (Å²) < 4.78 is 3.54. The smallest absolute Gasteiger partial charge is 0.257 e. The lowest BCUT2D eigenvalue weighted by Gasteiger charge is -2.00. The zero-order chi connectivity index (χ0) is 12.8. The number of carbonyl (C=O) groups excluding carboxylic acids is 1. The van der Waals surface area contributed by atoms with Gasteiger partial charge < -0.3 is 5.11 Å². The van der Waals surface area contributed by atoms with Crippen LogP contribution in [-0.2, 0) is 0 Å². The number of hydrogen-bond acceptors (Lipinski definition) is 6. The minimum absolute atomic E-state index is 0.188. The summed E-state index contributed by atoms with van der Waals surface area (Å²) in [6.45, 7) is -0.188. The summed E-state index contributed by atoms with van der Waals surface area (Å²) in [5.74, 6) is 4.99. The maximum Gasteiger partial charge on any atom is 0.257 e. The number of amides is 1. The molecule has 0 aliphatic heterocycles. The molecule has 0 bridgehead atoms. The normalized spacial score (nSPS) is 9.39. The summed E-state index contributed by atoms with van der Waals surface area (Å²) in [5, 5.41) is 18.5. The Balaban J connectivity index is 2.07. The third-order valence-electron chi connectivity index (χ3n) is 1.98. The summed E-state index contributed by atoms with van der Waals surface area (Å²) in [5.41, 5.74) is 1.22. The van der Waals surface area contributed by atoms with Crippen molar-refractivity contribution < 1.29 is 9.90 Å². The molecule has 2 aromatic rings. The van der Waals surface area contributed by atoms with Crippen LogP contribution < -0.4 is 5.32 Å². The van der Waals surface area contributed by atoms with Gasteiger partial charge in [-0.25, -0.2) is 0 Å². The van der Waals surface area contributed by atoms with E-state index in [2.05, 4.69) is 32.0 Å². The Labute approximate surface area is 107 Å². The minimum atomic E-state index is -0.282. The van der Waals surface area contributed by atoms with Crippen LogP contribution in [0, 0.1) is 11.8 Å². The second-order valence-corrected chi connectivity index (χ2v) is 3.89. The molecule has 0 unspecified atom stereocenters. The first-order valence-electron chi connectivity index (χ1n) is 4.96. The van der Waals surface area contributed by atoms with Crippen molar-refractivity contribution in [1.82, 2.24) is 14.8 Å². The number of aromatic nitrogens is 3. The van der Waals surface area contributed by atoms with Crippen molar-refractivity contribution in [2.24, 2.45) is 0 Å². The predicted molar refractivity (Wildman–Crippen MR) is 66.1 cm³/mol. The number of anilines is 1. The van der Waals surface area contributed by atoms with E-state index in [1.54, 1.807) is 24.3 Å². The van der Waals surface area contributed by atoms with Gasteiger partial charge in [-0.05, 0) is 29.5 Å². The van der Waals surface area contributed by atoms with Gasteiger partial charge in [0, 0.05) is 22.7 Å². The molecule has 2 rings (SSSR count). The molecule has 0 radical (unpaired) electrons. The summed E-state index contributed by atoms with van der Waals surface area (Å²) in [6.07, 6.45) is 0. The molecule has 0 spiro atoms. The monoisotopic (exact) mass is 260 g/mol. The van der Waals surface area contributed by atoms with Crippen LogP contribution in [0.2, 0.25) is 0 Å². The van der Waals surface area contributed by atoms with Crippen molar-refractivity contribution in [3.63, 3.8) is 0 Å². The average molecular weight is 260 g/mol. The fraction of sp³-hybridized carbons (Fsp3) is 0.0909. The number of aliphatic hydroxyl groups is 1. The molecule has 1 heterocycles. The van der Waals surface area contributed by atoms with E-state index >= 15 is 0 Å². The zero-order valence-electron chi connectivity index (χ0n) is 9.12. The van der Waals surface area contributed by atoms with Crippen LogP contribution in [0.5, 0.6) is 0 Å². The highest BCUT2D eigenvalue weighted by atomic mass is 32.1. The summed E-state index contributed by atoms with van der Waals surface area (Å²) in [6, 6.07) is 6.70. The van der Waals surface area contributed by atoms with Gasteiger partial charge in [-0.15, -0.1) is 0 Å². The summed E-state index contributed by atoms with van der Waals surface area (Å²) in [4.78, 5) is 11.8. The first-order chi connectivity index (χ1) is 8.79. The van der Waals surface area contributed by atoms with Gasteiger partial charge in [-0.3, -0.25) is 10.1 Å². The molecule has 1 amide bonds. The molecule has 0 saturated heterocycles. The van der Waals surface area contributed by atoms with Gasteiger partial charge in [0.15, 0.2) is 0 Å². The van der Waals surface area contributed by atoms with Crippen molar-refractivity contribution in [2.45, 2.75) is 0 Å². The first-order valence-corrected chi connectivity index (χ1v) is 5.73. The van der Waals surface area contributed by atoms with Crippen molar-refractivity contribution in [3.05, 3.63) is 35.4 Å². The Morgan fingerprint density at radius 2 is 2.17 bits per heavy atom. The van der Waals surface area contributed by atoms with Crippen LogP contribution >= 0.6 is 11.5 Å². The Morgan fingerprint density at radius 3 is 2.78 bits per heavy atom. The molecule has 90 valence electrons. The molecule has 0 aliphatic carbocycles. The quantitative estimate of drug-likeness (QED) is 0.769. The average Bonchev–Trinajstić information content (AvgIpc) is 2.89. The number of rotatable bonds is 2. The fourth-order valence-corrected chi connectivity index (χ4v) is 1.56. The molecular formula is C11H8N4O2S. The maximum absolute atomic E-state index is 11.8. The zero-order valence-corrected chi connectivity index (χ0v) is 9.94. The molecule has 18 heavy (non-hydrogen) atoms. The molecule has 0 atom stereocenters. The Hall–Kier alpha value is -2.30. The van der Waals surface area contributed by atoms with E-state index in [9.17, 15) is 4.79 Å². The van der Waals surface area contributed by atoms with Crippen molar-refractivity contribution >= 4 is 22.6 Å². The maximum atomic E-state index is 11.8. The SMILES string of the molecule is O=C(Nc1nnns1)c1ccc(C#CCO)cc1. The van der Waals surface area contributed by atoms with Crippen LogP contribution in [0.3, 0.4) is 0 Å². The van der Waals surface area contributed by atoms with E-state index in [0.29, 0.717) is 10.7 Å². The summed E-state index contributed by atoms with van der Waals surface area (Å²) >= 11 is 1.01. The molecule has 1 aromatic carbocycles. The van der Waals surface area contributed by atoms with Crippen molar-refractivity contribution in [2.75, 3.05) is 11.9 Å². The minimum Gasteiger partial charge on any atom is -0.384 e. The molecule has 7 heteroatoms. The van der Waals surface area contributed by atoms with Crippen molar-refractivity contribution in [1.29, 1.82) is 0 Å². The lowest BCUT2D eigenvalue weighted by Crippen LogP contribution is -2.11. The van der Waals surface area contributed by atoms with E-state index in [4.69, 9.17) is 5.11 Å². The molecule has 1 aromatic heterocycles. The molecule has 0 fully saturated rings. The van der Waals surface area contributed by atoms with Crippen LogP contribution in [0.1, 0.15) is 15.9 Å². The van der Waals surface area contributed by atoms with E-state index < -0.39 is 0 Å². The lowest BCUT2D eigenvalue weighted by atomic mass is 10.1. The molecular weight excluding hydrogens is 252 g/mol. The third kappa shape index (κ3) is 3.10. The largest absolute Gasteiger partial charge is 0.384 e. The number of benzene rings is 1. The van der Waals surface area contributed by atoms with Gasteiger partial charge in [-0.1, -0.05) is 21.4 Å². The first kappa shape index (κ1) is 12.2. The number of carbonyl (C=O) groups is 1. The van der Waals surface area contributed by atoms with Crippen LogP contribution in [0.4, 0.5) is 5.13 Å². The number of aliphatic hydroxyl groups excluding tert-OH is 1. The topological polar surface area (TPSA) is 88.0 Å². The third-order valence-corrected chi connectivity index (χ3v) is 2.49. The van der Waals surface area contributed by atoms with Gasteiger partial charge >= 0.3 is 0 Å².